The zero-order chi connectivity index (χ0) is 15.3. The van der Waals surface area contributed by atoms with Crippen LogP contribution in [0, 0.1) is 13.8 Å². The lowest BCUT2D eigenvalue weighted by molar-refractivity contribution is -0.140. The Labute approximate surface area is 116 Å². The van der Waals surface area contributed by atoms with Crippen LogP contribution in [-0.2, 0) is 9.59 Å². The Morgan fingerprint density at radius 1 is 1.20 bits per heavy atom. The molecule has 0 saturated carbocycles. The molecular formula is C14H17NO5. The van der Waals surface area contributed by atoms with Crippen molar-refractivity contribution in [2.45, 2.75) is 32.7 Å². The van der Waals surface area contributed by atoms with Gasteiger partial charge in [0.15, 0.2) is 0 Å². The van der Waals surface area contributed by atoms with E-state index in [4.69, 9.17) is 10.2 Å². The van der Waals surface area contributed by atoms with E-state index in [1.807, 2.05) is 13.0 Å². The van der Waals surface area contributed by atoms with Crippen LogP contribution >= 0.6 is 0 Å². The van der Waals surface area contributed by atoms with E-state index < -0.39 is 23.9 Å². The molecule has 20 heavy (non-hydrogen) atoms. The molecule has 0 aliphatic rings. The Bertz CT molecular complexity index is 538. The number of carbonyl (C=O) groups excluding carboxylic acids is 1. The highest BCUT2D eigenvalue weighted by Gasteiger charge is 2.22. The first-order valence-corrected chi connectivity index (χ1v) is 6.14. The van der Waals surface area contributed by atoms with Gasteiger partial charge in [-0.3, -0.25) is 9.59 Å². The van der Waals surface area contributed by atoms with Crippen LogP contribution in [0.2, 0.25) is 0 Å². The molecular weight excluding hydrogens is 262 g/mol. The van der Waals surface area contributed by atoms with Gasteiger partial charge >= 0.3 is 11.9 Å². The summed E-state index contributed by atoms with van der Waals surface area (Å²) in [6.07, 6.45) is -0.467. The number of nitrogens with one attached hydrogen (secondary N) is 1. The standard InChI is InChI=1S/C14H17NO5/c1-8-4-3-5-10(9(8)2)13(18)15-11(14(19)20)6-7-12(16)17/h3-5,11H,6-7H2,1-2H3,(H,15,18)(H,16,17)(H,19,20)/t11-/m0/s1. The highest BCUT2D eigenvalue weighted by molar-refractivity contribution is 5.98. The predicted octanol–water partition coefficient (Wildman–Crippen LogP) is 1.35. The van der Waals surface area contributed by atoms with Crippen LogP contribution in [0.25, 0.3) is 0 Å². The number of carboxylic acid groups (broad SMARTS) is 2. The average molecular weight is 279 g/mol. The Kier molecular flexibility index (Phi) is 5.25. The summed E-state index contributed by atoms with van der Waals surface area (Å²) in [6.45, 7) is 3.63. The topological polar surface area (TPSA) is 104 Å². The molecule has 0 aromatic heterocycles. The lowest BCUT2D eigenvalue weighted by Crippen LogP contribution is -2.41. The third-order valence-electron chi connectivity index (χ3n) is 3.10. The first-order valence-electron chi connectivity index (χ1n) is 6.14. The van der Waals surface area contributed by atoms with Crippen LogP contribution < -0.4 is 5.32 Å². The minimum atomic E-state index is -1.25. The van der Waals surface area contributed by atoms with Crippen molar-refractivity contribution in [2.24, 2.45) is 0 Å². The zero-order valence-corrected chi connectivity index (χ0v) is 11.3. The van der Waals surface area contributed by atoms with Crippen molar-refractivity contribution >= 4 is 17.8 Å². The molecule has 1 aromatic carbocycles. The Hall–Kier alpha value is -2.37. The number of hydrogen-bond acceptors (Lipinski definition) is 3. The lowest BCUT2D eigenvalue weighted by Gasteiger charge is -2.15. The average Bonchev–Trinajstić information content (AvgIpc) is 2.36. The molecule has 0 bridgehead atoms. The van der Waals surface area contributed by atoms with Gasteiger partial charge in [0.1, 0.15) is 6.04 Å². The first kappa shape index (κ1) is 15.7. The second-order valence-corrected chi connectivity index (χ2v) is 4.54. The number of aryl methyl sites for hydroxylation is 1. The van der Waals surface area contributed by atoms with Crippen LogP contribution in [-0.4, -0.2) is 34.1 Å². The summed E-state index contributed by atoms with van der Waals surface area (Å²) in [5.74, 6) is -2.86. The molecule has 1 aromatic rings. The third-order valence-corrected chi connectivity index (χ3v) is 3.10. The fourth-order valence-corrected chi connectivity index (χ4v) is 1.76. The number of aliphatic carboxylic acids is 2. The molecule has 0 aliphatic carbocycles. The van der Waals surface area contributed by atoms with Crippen molar-refractivity contribution in [3.63, 3.8) is 0 Å². The van der Waals surface area contributed by atoms with Gasteiger partial charge in [-0.05, 0) is 37.5 Å². The summed E-state index contributed by atoms with van der Waals surface area (Å²) in [4.78, 5) is 33.6. The molecule has 108 valence electrons. The number of hydrogen-bond donors (Lipinski definition) is 3. The second kappa shape index (κ2) is 6.70. The number of benzene rings is 1. The van der Waals surface area contributed by atoms with Crippen molar-refractivity contribution in [3.05, 3.63) is 34.9 Å². The molecule has 0 spiro atoms. The normalized spacial score (nSPS) is 11.7. The monoisotopic (exact) mass is 279 g/mol. The molecule has 0 saturated heterocycles. The molecule has 6 heteroatoms. The number of carboxylic acids is 2. The minimum absolute atomic E-state index is 0.152. The maximum atomic E-state index is 12.1. The fraction of sp³-hybridized carbons (Fsp3) is 0.357. The molecule has 0 heterocycles. The van der Waals surface area contributed by atoms with Crippen molar-refractivity contribution in [3.8, 4) is 0 Å². The highest BCUT2D eigenvalue weighted by atomic mass is 16.4. The summed E-state index contributed by atoms with van der Waals surface area (Å²) in [5.41, 5.74) is 2.09. The summed E-state index contributed by atoms with van der Waals surface area (Å²) in [7, 11) is 0. The molecule has 1 atom stereocenters. The van der Waals surface area contributed by atoms with Gasteiger partial charge in [-0.15, -0.1) is 0 Å². The highest BCUT2D eigenvalue weighted by Crippen LogP contribution is 2.13. The summed E-state index contributed by atoms with van der Waals surface area (Å²) in [6, 6.07) is 3.96. The van der Waals surface area contributed by atoms with E-state index in [1.54, 1.807) is 19.1 Å². The summed E-state index contributed by atoms with van der Waals surface area (Å²) in [5, 5.41) is 19.9. The largest absolute Gasteiger partial charge is 0.481 e. The van der Waals surface area contributed by atoms with Crippen molar-refractivity contribution in [1.29, 1.82) is 0 Å². The molecule has 1 rings (SSSR count). The van der Waals surface area contributed by atoms with Gasteiger partial charge in [-0.1, -0.05) is 12.1 Å². The van der Waals surface area contributed by atoms with E-state index in [0.29, 0.717) is 5.56 Å². The van der Waals surface area contributed by atoms with Crippen molar-refractivity contribution in [1.82, 2.24) is 5.32 Å². The maximum absolute atomic E-state index is 12.1. The smallest absolute Gasteiger partial charge is 0.326 e. The maximum Gasteiger partial charge on any atom is 0.326 e. The number of carbonyl (C=O) groups is 3. The second-order valence-electron chi connectivity index (χ2n) is 4.54. The van der Waals surface area contributed by atoms with E-state index in [9.17, 15) is 14.4 Å². The van der Waals surface area contributed by atoms with Gasteiger partial charge in [0.2, 0.25) is 0 Å². The molecule has 3 N–H and O–H groups in total. The van der Waals surface area contributed by atoms with Gasteiger partial charge in [0.25, 0.3) is 5.91 Å². The zero-order valence-electron chi connectivity index (χ0n) is 11.3. The van der Waals surface area contributed by atoms with E-state index in [0.717, 1.165) is 11.1 Å². The van der Waals surface area contributed by atoms with Crippen LogP contribution in [0.5, 0.6) is 0 Å². The van der Waals surface area contributed by atoms with Crippen LogP contribution in [0.1, 0.15) is 34.3 Å². The van der Waals surface area contributed by atoms with Crippen molar-refractivity contribution < 1.29 is 24.6 Å². The van der Waals surface area contributed by atoms with E-state index >= 15 is 0 Å². The number of rotatable bonds is 6. The van der Waals surface area contributed by atoms with Crippen LogP contribution in [0.15, 0.2) is 18.2 Å². The Morgan fingerprint density at radius 2 is 1.85 bits per heavy atom. The molecule has 0 radical (unpaired) electrons. The van der Waals surface area contributed by atoms with E-state index in [2.05, 4.69) is 5.32 Å². The van der Waals surface area contributed by atoms with Gasteiger partial charge in [-0.25, -0.2) is 4.79 Å². The van der Waals surface area contributed by atoms with Gasteiger partial charge in [0.05, 0.1) is 0 Å². The molecule has 0 unspecified atom stereocenters. The molecule has 0 fully saturated rings. The van der Waals surface area contributed by atoms with Crippen LogP contribution in [0.3, 0.4) is 0 Å². The SMILES string of the molecule is Cc1cccc(C(=O)N[C@@H](CCC(=O)O)C(=O)O)c1C. The third kappa shape index (κ3) is 4.08. The molecule has 1 amide bonds. The van der Waals surface area contributed by atoms with Crippen molar-refractivity contribution in [2.75, 3.05) is 0 Å². The van der Waals surface area contributed by atoms with Gasteiger partial charge < -0.3 is 15.5 Å². The molecule has 0 aliphatic heterocycles. The number of amides is 1. The summed E-state index contributed by atoms with van der Waals surface area (Å²) >= 11 is 0. The first-order chi connectivity index (χ1) is 9.32. The Balaban J connectivity index is 2.83. The predicted molar refractivity (Wildman–Crippen MR) is 71.7 cm³/mol. The van der Waals surface area contributed by atoms with E-state index in [-0.39, 0.29) is 12.8 Å². The quantitative estimate of drug-likeness (QED) is 0.729. The van der Waals surface area contributed by atoms with E-state index in [1.165, 1.54) is 0 Å². The van der Waals surface area contributed by atoms with Gasteiger partial charge in [-0.2, -0.15) is 0 Å². The Morgan fingerprint density at radius 3 is 2.40 bits per heavy atom. The molecule has 6 nitrogen and oxygen atoms in total. The fourth-order valence-electron chi connectivity index (χ4n) is 1.76. The lowest BCUT2D eigenvalue weighted by atomic mass is 10.0. The minimum Gasteiger partial charge on any atom is -0.481 e. The van der Waals surface area contributed by atoms with Gasteiger partial charge in [0, 0.05) is 12.0 Å². The van der Waals surface area contributed by atoms with Crippen LogP contribution in [0.4, 0.5) is 0 Å². The summed E-state index contributed by atoms with van der Waals surface area (Å²) < 4.78 is 0.